The van der Waals surface area contributed by atoms with Gasteiger partial charge in [0.15, 0.2) is 5.96 Å². The van der Waals surface area contributed by atoms with Crippen LogP contribution in [0, 0.1) is 0 Å². The Morgan fingerprint density at radius 1 is 1.36 bits per heavy atom. The summed E-state index contributed by atoms with van der Waals surface area (Å²) in [5.41, 5.74) is 1.01. The van der Waals surface area contributed by atoms with Crippen LogP contribution in [0.25, 0.3) is 0 Å². The Kier molecular flexibility index (Phi) is 10.8. The van der Waals surface area contributed by atoms with Gasteiger partial charge in [-0.05, 0) is 45.8 Å². The SMILES string of the molecule is CCNC(=NCc1cccnc1OCC)NCC1CCCN1CC.I. The normalized spacial score (nSPS) is 17.9. The van der Waals surface area contributed by atoms with Crippen LogP contribution in [0.4, 0.5) is 0 Å². The monoisotopic (exact) mass is 461 g/mol. The smallest absolute Gasteiger partial charge is 0.218 e. The molecule has 1 unspecified atom stereocenters. The summed E-state index contributed by atoms with van der Waals surface area (Å²) in [4.78, 5) is 11.5. The van der Waals surface area contributed by atoms with Gasteiger partial charge in [0.05, 0.1) is 13.2 Å². The number of halogens is 1. The molecule has 0 aliphatic carbocycles. The van der Waals surface area contributed by atoms with Crippen LogP contribution in [0.1, 0.15) is 39.2 Å². The first kappa shape index (κ1) is 22.0. The molecule has 1 aliphatic heterocycles. The van der Waals surface area contributed by atoms with E-state index in [1.807, 2.05) is 19.1 Å². The first-order chi connectivity index (χ1) is 11.8. The molecule has 25 heavy (non-hydrogen) atoms. The minimum absolute atomic E-state index is 0. The van der Waals surface area contributed by atoms with Crippen LogP contribution in [0.5, 0.6) is 5.88 Å². The van der Waals surface area contributed by atoms with E-state index in [0.717, 1.165) is 31.2 Å². The Balaban J connectivity index is 0.00000312. The third-order valence-electron chi connectivity index (χ3n) is 4.29. The molecule has 1 aromatic rings. The second-order valence-electron chi connectivity index (χ2n) is 5.90. The van der Waals surface area contributed by atoms with E-state index in [0.29, 0.717) is 25.1 Å². The number of aliphatic imine (C=N–C) groups is 1. The van der Waals surface area contributed by atoms with Crippen molar-refractivity contribution in [1.29, 1.82) is 0 Å². The van der Waals surface area contributed by atoms with Crippen LogP contribution in [0.2, 0.25) is 0 Å². The third-order valence-corrected chi connectivity index (χ3v) is 4.29. The van der Waals surface area contributed by atoms with Gasteiger partial charge in [-0.25, -0.2) is 9.98 Å². The van der Waals surface area contributed by atoms with Gasteiger partial charge in [0.25, 0.3) is 0 Å². The fourth-order valence-corrected chi connectivity index (χ4v) is 3.07. The van der Waals surface area contributed by atoms with E-state index < -0.39 is 0 Å². The number of guanidine groups is 1. The second kappa shape index (κ2) is 12.3. The van der Waals surface area contributed by atoms with E-state index >= 15 is 0 Å². The zero-order valence-electron chi connectivity index (χ0n) is 15.6. The fraction of sp³-hybridized carbons (Fsp3) is 0.667. The Bertz CT molecular complexity index is 526. The van der Waals surface area contributed by atoms with Crippen molar-refractivity contribution in [2.45, 2.75) is 46.2 Å². The molecule has 2 rings (SSSR count). The number of nitrogens with zero attached hydrogens (tertiary/aromatic N) is 3. The zero-order chi connectivity index (χ0) is 17.2. The summed E-state index contributed by atoms with van der Waals surface area (Å²) in [6.07, 6.45) is 4.31. The van der Waals surface area contributed by atoms with E-state index in [-0.39, 0.29) is 24.0 Å². The van der Waals surface area contributed by atoms with Crippen molar-refractivity contribution in [3.63, 3.8) is 0 Å². The molecular formula is C18H32IN5O. The summed E-state index contributed by atoms with van der Waals surface area (Å²) in [7, 11) is 0. The number of rotatable bonds is 8. The molecule has 0 bridgehead atoms. The highest BCUT2D eigenvalue weighted by atomic mass is 127. The third kappa shape index (κ3) is 6.97. The van der Waals surface area contributed by atoms with E-state index in [1.54, 1.807) is 6.20 Å². The molecule has 1 fully saturated rings. The van der Waals surface area contributed by atoms with Gasteiger partial charge in [-0.15, -0.1) is 24.0 Å². The second-order valence-corrected chi connectivity index (χ2v) is 5.90. The highest BCUT2D eigenvalue weighted by Crippen LogP contribution is 2.16. The molecule has 6 nitrogen and oxygen atoms in total. The number of hydrogen-bond acceptors (Lipinski definition) is 4. The van der Waals surface area contributed by atoms with Gasteiger partial charge >= 0.3 is 0 Å². The summed E-state index contributed by atoms with van der Waals surface area (Å²) in [5.74, 6) is 1.53. The van der Waals surface area contributed by atoms with Crippen LogP contribution >= 0.6 is 24.0 Å². The minimum atomic E-state index is 0. The van der Waals surface area contributed by atoms with Crippen molar-refractivity contribution in [3.05, 3.63) is 23.9 Å². The summed E-state index contributed by atoms with van der Waals surface area (Å²) in [6, 6.07) is 4.54. The van der Waals surface area contributed by atoms with Gasteiger partial charge in [0.2, 0.25) is 5.88 Å². The predicted molar refractivity (Wildman–Crippen MR) is 114 cm³/mol. The maximum absolute atomic E-state index is 5.57. The van der Waals surface area contributed by atoms with E-state index in [2.05, 4.69) is 34.4 Å². The summed E-state index contributed by atoms with van der Waals surface area (Å²) >= 11 is 0. The summed E-state index contributed by atoms with van der Waals surface area (Å²) in [6.45, 7) is 11.6. The highest BCUT2D eigenvalue weighted by Gasteiger charge is 2.22. The summed E-state index contributed by atoms with van der Waals surface area (Å²) < 4.78 is 5.57. The van der Waals surface area contributed by atoms with E-state index in [4.69, 9.17) is 9.73 Å². The fourth-order valence-electron chi connectivity index (χ4n) is 3.07. The van der Waals surface area contributed by atoms with Crippen LogP contribution in [-0.4, -0.2) is 54.7 Å². The summed E-state index contributed by atoms with van der Waals surface area (Å²) in [5, 5.41) is 6.80. The van der Waals surface area contributed by atoms with Crippen LogP contribution in [0.15, 0.2) is 23.3 Å². The van der Waals surface area contributed by atoms with Crippen molar-refractivity contribution in [3.8, 4) is 5.88 Å². The molecule has 0 radical (unpaired) electrons. The average molecular weight is 461 g/mol. The van der Waals surface area contributed by atoms with Crippen molar-refractivity contribution >= 4 is 29.9 Å². The Labute approximate surface area is 168 Å². The molecule has 1 aromatic heterocycles. The molecule has 0 amide bonds. The highest BCUT2D eigenvalue weighted by molar-refractivity contribution is 14.0. The van der Waals surface area contributed by atoms with E-state index in [9.17, 15) is 0 Å². The lowest BCUT2D eigenvalue weighted by molar-refractivity contribution is 0.267. The average Bonchev–Trinajstić information content (AvgIpc) is 3.06. The van der Waals surface area contributed by atoms with Crippen LogP contribution < -0.4 is 15.4 Å². The molecule has 0 aromatic carbocycles. The largest absolute Gasteiger partial charge is 0.478 e. The molecule has 0 saturated carbocycles. The van der Waals surface area contributed by atoms with Crippen molar-refractivity contribution < 1.29 is 4.74 Å². The number of aromatic nitrogens is 1. The predicted octanol–water partition coefficient (Wildman–Crippen LogP) is 2.64. The van der Waals surface area contributed by atoms with Gasteiger partial charge < -0.3 is 15.4 Å². The van der Waals surface area contributed by atoms with Crippen molar-refractivity contribution in [1.82, 2.24) is 20.5 Å². The number of pyridine rings is 1. The first-order valence-electron chi connectivity index (χ1n) is 9.11. The number of likely N-dealkylation sites (N-methyl/N-ethyl adjacent to an activating group) is 1. The molecule has 1 aliphatic rings. The topological polar surface area (TPSA) is 61.8 Å². The number of nitrogens with one attached hydrogen (secondary N) is 2. The lowest BCUT2D eigenvalue weighted by atomic mass is 10.2. The van der Waals surface area contributed by atoms with E-state index in [1.165, 1.54) is 19.4 Å². The molecule has 0 spiro atoms. The van der Waals surface area contributed by atoms with Gasteiger partial charge in [-0.2, -0.15) is 0 Å². The lowest BCUT2D eigenvalue weighted by Crippen LogP contribution is -2.44. The van der Waals surface area contributed by atoms with Gasteiger partial charge in [0, 0.05) is 30.9 Å². The van der Waals surface area contributed by atoms with Gasteiger partial charge in [0.1, 0.15) is 0 Å². The lowest BCUT2D eigenvalue weighted by Gasteiger charge is -2.24. The Morgan fingerprint density at radius 3 is 2.92 bits per heavy atom. The van der Waals surface area contributed by atoms with Gasteiger partial charge in [-0.3, -0.25) is 4.90 Å². The van der Waals surface area contributed by atoms with Crippen LogP contribution in [0.3, 0.4) is 0 Å². The van der Waals surface area contributed by atoms with Crippen molar-refractivity contribution in [2.75, 3.05) is 32.8 Å². The Hall–Kier alpha value is -1.09. The molecule has 1 atom stereocenters. The maximum atomic E-state index is 5.57. The molecule has 1 saturated heterocycles. The Morgan fingerprint density at radius 2 is 2.20 bits per heavy atom. The maximum Gasteiger partial charge on any atom is 0.218 e. The molecule has 7 heteroatoms. The molecular weight excluding hydrogens is 429 g/mol. The quantitative estimate of drug-likeness (QED) is 0.354. The van der Waals surface area contributed by atoms with Crippen LogP contribution in [-0.2, 0) is 6.54 Å². The van der Waals surface area contributed by atoms with Gasteiger partial charge in [-0.1, -0.05) is 13.0 Å². The number of likely N-dealkylation sites (tertiary alicyclic amines) is 1. The number of hydrogen-bond donors (Lipinski definition) is 2. The minimum Gasteiger partial charge on any atom is -0.478 e. The molecule has 2 N–H and O–H groups in total. The standard InChI is InChI=1S/C18H31N5O.HI/c1-4-19-18(22-14-16-10-8-12-23(16)5-2)21-13-15-9-7-11-20-17(15)24-6-3;/h7,9,11,16H,4-6,8,10,12-14H2,1-3H3,(H2,19,21,22);1H. The number of ether oxygens (including phenoxy) is 1. The van der Waals surface area contributed by atoms with Crippen molar-refractivity contribution in [2.24, 2.45) is 4.99 Å². The first-order valence-corrected chi connectivity index (χ1v) is 9.11. The molecule has 142 valence electrons. The zero-order valence-corrected chi connectivity index (χ0v) is 18.0. The molecule has 2 heterocycles.